The lowest BCUT2D eigenvalue weighted by atomic mass is 9.98. The summed E-state index contributed by atoms with van der Waals surface area (Å²) in [6.45, 7) is 3.28. The molecule has 21 heavy (non-hydrogen) atoms. The van der Waals surface area contributed by atoms with Crippen molar-refractivity contribution in [2.24, 2.45) is 0 Å². The summed E-state index contributed by atoms with van der Waals surface area (Å²) in [5.41, 5.74) is 0.989. The second kappa shape index (κ2) is 7.14. The third-order valence-electron chi connectivity index (χ3n) is 4.25. The van der Waals surface area contributed by atoms with Crippen LogP contribution in [0, 0.1) is 0 Å². The van der Waals surface area contributed by atoms with Gasteiger partial charge < -0.3 is 20.1 Å². The predicted octanol–water partition coefficient (Wildman–Crippen LogP) is 2.41. The van der Waals surface area contributed by atoms with Crippen molar-refractivity contribution in [2.45, 2.75) is 44.2 Å². The predicted molar refractivity (Wildman–Crippen MR) is 87.1 cm³/mol. The van der Waals surface area contributed by atoms with E-state index in [4.69, 9.17) is 4.74 Å². The molecule has 2 atom stereocenters. The molecule has 0 saturated heterocycles. The maximum Gasteiger partial charge on any atom is 0.121 e. The molecule has 0 amide bonds. The Bertz CT molecular complexity index is 450. The van der Waals surface area contributed by atoms with Gasteiger partial charge in [-0.25, -0.2) is 0 Å². The van der Waals surface area contributed by atoms with Crippen LogP contribution in [0.2, 0.25) is 0 Å². The highest BCUT2D eigenvalue weighted by Crippen LogP contribution is 2.33. The summed E-state index contributed by atoms with van der Waals surface area (Å²) < 4.78 is 6.13. The average molecular weight is 292 g/mol. The molecule has 0 aromatic heterocycles. The minimum atomic E-state index is -0.153. The summed E-state index contributed by atoms with van der Waals surface area (Å²) in [7, 11) is 4.06. The van der Waals surface area contributed by atoms with E-state index >= 15 is 0 Å². The van der Waals surface area contributed by atoms with Crippen LogP contribution in [0.5, 0.6) is 5.75 Å². The number of aliphatic hydroxyl groups is 1. The smallest absolute Gasteiger partial charge is 0.121 e. The second-order valence-corrected chi connectivity index (χ2v) is 6.24. The molecule has 0 radical (unpaired) electrons. The van der Waals surface area contributed by atoms with E-state index in [1.165, 1.54) is 0 Å². The SMILES string of the molecule is CCCNC1(CO)CCC(Oc2cccc(N(C)C)c2)C1. The Morgan fingerprint density at radius 1 is 1.43 bits per heavy atom. The number of ether oxygens (including phenoxy) is 1. The van der Waals surface area contributed by atoms with Gasteiger partial charge in [0.25, 0.3) is 0 Å². The molecule has 0 bridgehead atoms. The quantitative estimate of drug-likeness (QED) is 0.810. The minimum Gasteiger partial charge on any atom is -0.490 e. The standard InChI is InChI=1S/C17H28N2O2/c1-4-10-18-17(13-20)9-8-16(12-17)21-15-7-5-6-14(11-15)19(2)3/h5-7,11,16,18,20H,4,8-10,12-13H2,1-3H3. The van der Waals surface area contributed by atoms with Gasteiger partial charge in [-0.3, -0.25) is 0 Å². The van der Waals surface area contributed by atoms with Crippen LogP contribution in [0.25, 0.3) is 0 Å². The van der Waals surface area contributed by atoms with Gasteiger partial charge in [0, 0.05) is 37.8 Å². The van der Waals surface area contributed by atoms with Gasteiger partial charge in [0.05, 0.1) is 6.61 Å². The number of nitrogens with zero attached hydrogens (tertiary/aromatic N) is 1. The number of benzene rings is 1. The summed E-state index contributed by atoms with van der Waals surface area (Å²) in [4.78, 5) is 2.07. The van der Waals surface area contributed by atoms with Crippen LogP contribution >= 0.6 is 0 Å². The van der Waals surface area contributed by atoms with Gasteiger partial charge in [-0.05, 0) is 37.9 Å². The van der Waals surface area contributed by atoms with E-state index in [0.717, 1.165) is 43.7 Å². The first-order chi connectivity index (χ1) is 10.1. The molecule has 1 aliphatic rings. The van der Waals surface area contributed by atoms with Crippen molar-refractivity contribution >= 4 is 5.69 Å². The maximum atomic E-state index is 9.72. The van der Waals surface area contributed by atoms with Crippen LogP contribution in [-0.2, 0) is 0 Å². The van der Waals surface area contributed by atoms with E-state index in [9.17, 15) is 5.11 Å². The number of hydrogen-bond donors (Lipinski definition) is 2. The Morgan fingerprint density at radius 3 is 2.90 bits per heavy atom. The summed E-state index contributed by atoms with van der Waals surface area (Å²) in [6, 6.07) is 8.17. The fourth-order valence-corrected chi connectivity index (χ4v) is 2.96. The molecular weight excluding hydrogens is 264 g/mol. The van der Waals surface area contributed by atoms with Crippen LogP contribution in [0.4, 0.5) is 5.69 Å². The van der Waals surface area contributed by atoms with Crippen molar-refractivity contribution in [3.63, 3.8) is 0 Å². The lowest BCUT2D eigenvalue weighted by Gasteiger charge is -2.28. The molecule has 4 nitrogen and oxygen atoms in total. The van der Waals surface area contributed by atoms with Gasteiger partial charge in [0.2, 0.25) is 0 Å². The number of aliphatic hydroxyl groups excluding tert-OH is 1. The third-order valence-corrected chi connectivity index (χ3v) is 4.25. The lowest BCUT2D eigenvalue weighted by molar-refractivity contribution is 0.140. The zero-order valence-corrected chi connectivity index (χ0v) is 13.4. The van der Waals surface area contributed by atoms with E-state index in [2.05, 4.69) is 29.3 Å². The molecule has 1 saturated carbocycles. The van der Waals surface area contributed by atoms with Crippen LogP contribution in [0.3, 0.4) is 0 Å². The van der Waals surface area contributed by atoms with Gasteiger partial charge >= 0.3 is 0 Å². The Balaban J connectivity index is 1.97. The Hall–Kier alpha value is -1.26. The van der Waals surface area contributed by atoms with Gasteiger partial charge in [-0.2, -0.15) is 0 Å². The fourth-order valence-electron chi connectivity index (χ4n) is 2.96. The molecule has 2 N–H and O–H groups in total. The highest BCUT2D eigenvalue weighted by molar-refractivity contribution is 5.49. The lowest BCUT2D eigenvalue weighted by Crippen LogP contribution is -2.47. The summed E-state index contributed by atoms with van der Waals surface area (Å²) in [5.74, 6) is 0.912. The topological polar surface area (TPSA) is 44.7 Å². The van der Waals surface area contributed by atoms with Crippen molar-refractivity contribution < 1.29 is 9.84 Å². The monoisotopic (exact) mass is 292 g/mol. The first kappa shape index (κ1) is 16.1. The van der Waals surface area contributed by atoms with Crippen molar-refractivity contribution in [1.82, 2.24) is 5.32 Å². The van der Waals surface area contributed by atoms with Crippen molar-refractivity contribution in [2.75, 3.05) is 32.1 Å². The van der Waals surface area contributed by atoms with Crippen molar-refractivity contribution in [3.8, 4) is 5.75 Å². The molecule has 4 heteroatoms. The molecule has 0 heterocycles. The van der Waals surface area contributed by atoms with Gasteiger partial charge in [0.15, 0.2) is 0 Å². The molecular formula is C17H28N2O2. The molecule has 1 aliphatic carbocycles. The molecule has 0 spiro atoms. The Labute approximate surface area is 128 Å². The highest BCUT2D eigenvalue weighted by Gasteiger charge is 2.39. The van der Waals surface area contributed by atoms with Crippen LogP contribution in [0.15, 0.2) is 24.3 Å². The number of anilines is 1. The zero-order valence-electron chi connectivity index (χ0n) is 13.4. The summed E-state index contributed by atoms with van der Waals surface area (Å²) >= 11 is 0. The maximum absolute atomic E-state index is 9.72. The summed E-state index contributed by atoms with van der Waals surface area (Å²) in [5, 5.41) is 13.2. The molecule has 1 aromatic carbocycles. The van der Waals surface area contributed by atoms with Crippen LogP contribution in [0.1, 0.15) is 32.6 Å². The highest BCUT2D eigenvalue weighted by atomic mass is 16.5. The molecule has 1 aromatic rings. The fraction of sp³-hybridized carbons (Fsp3) is 0.647. The Kier molecular flexibility index (Phi) is 5.48. The van der Waals surface area contributed by atoms with E-state index < -0.39 is 0 Å². The van der Waals surface area contributed by atoms with Crippen LogP contribution < -0.4 is 15.0 Å². The first-order valence-electron chi connectivity index (χ1n) is 7.88. The van der Waals surface area contributed by atoms with E-state index in [-0.39, 0.29) is 18.2 Å². The largest absolute Gasteiger partial charge is 0.490 e. The minimum absolute atomic E-state index is 0.153. The van der Waals surface area contributed by atoms with Gasteiger partial charge in [-0.1, -0.05) is 13.0 Å². The van der Waals surface area contributed by atoms with Gasteiger partial charge in [-0.15, -0.1) is 0 Å². The molecule has 1 fully saturated rings. The Morgan fingerprint density at radius 2 is 2.24 bits per heavy atom. The average Bonchev–Trinajstić information content (AvgIpc) is 2.89. The van der Waals surface area contributed by atoms with E-state index in [0.29, 0.717) is 0 Å². The van der Waals surface area contributed by atoms with Crippen molar-refractivity contribution in [3.05, 3.63) is 24.3 Å². The van der Waals surface area contributed by atoms with E-state index in [1.807, 2.05) is 26.2 Å². The molecule has 2 rings (SSSR count). The second-order valence-electron chi connectivity index (χ2n) is 6.24. The molecule has 0 aliphatic heterocycles. The molecule has 118 valence electrons. The van der Waals surface area contributed by atoms with Gasteiger partial charge in [0.1, 0.15) is 11.9 Å². The number of hydrogen-bond acceptors (Lipinski definition) is 4. The summed E-state index contributed by atoms with van der Waals surface area (Å²) in [6.07, 6.45) is 4.10. The molecule has 2 unspecified atom stereocenters. The van der Waals surface area contributed by atoms with Crippen LogP contribution in [-0.4, -0.2) is 44.0 Å². The third kappa shape index (κ3) is 4.11. The van der Waals surface area contributed by atoms with Crippen molar-refractivity contribution in [1.29, 1.82) is 0 Å². The number of nitrogens with one attached hydrogen (secondary N) is 1. The first-order valence-corrected chi connectivity index (χ1v) is 7.88. The normalized spacial score (nSPS) is 25.0. The zero-order chi connectivity index (χ0) is 15.3. The number of rotatable bonds is 7. The van der Waals surface area contributed by atoms with E-state index in [1.54, 1.807) is 0 Å².